The molecule has 0 spiro atoms. The Balaban J connectivity index is 4.38. The van der Waals surface area contributed by atoms with Gasteiger partial charge in [-0.3, -0.25) is 9.59 Å². The van der Waals surface area contributed by atoms with Gasteiger partial charge in [0.2, 0.25) is 11.8 Å². The molecule has 0 aromatic carbocycles. The number of hydrogen-bond acceptors (Lipinski definition) is 9. The number of thioether (sulfide) groups is 2. The number of amides is 2. The van der Waals surface area contributed by atoms with Gasteiger partial charge in [0.15, 0.2) is 0 Å². The van der Waals surface area contributed by atoms with Gasteiger partial charge in [-0.2, -0.15) is 23.5 Å². The smallest absolute Gasteiger partial charge is 0.330 e. The fourth-order valence-electron chi connectivity index (χ4n) is 2.53. The van der Waals surface area contributed by atoms with Crippen LogP contribution in [0.15, 0.2) is 0 Å². The zero-order valence-corrected chi connectivity index (χ0v) is 23.7. The minimum absolute atomic E-state index is 0.269. The predicted molar refractivity (Wildman–Crippen MR) is 139 cm³/mol. The molecule has 0 rings (SSSR count). The summed E-state index contributed by atoms with van der Waals surface area (Å²) in [7, 11) is 2.00. The van der Waals surface area contributed by atoms with E-state index in [2.05, 4.69) is 15.5 Å². The Bertz CT molecular complexity index is 621. The van der Waals surface area contributed by atoms with Gasteiger partial charge in [0, 0.05) is 49.9 Å². The molecular formula is C23H43N3O6S2. The molecule has 0 saturated carbocycles. The van der Waals surface area contributed by atoms with Crippen LogP contribution < -0.4 is 10.6 Å². The van der Waals surface area contributed by atoms with Crippen LogP contribution in [-0.4, -0.2) is 95.1 Å². The van der Waals surface area contributed by atoms with Crippen molar-refractivity contribution in [2.45, 2.75) is 78.7 Å². The highest BCUT2D eigenvalue weighted by atomic mass is 32.2. The number of rotatable bonds is 14. The van der Waals surface area contributed by atoms with Crippen molar-refractivity contribution < 1.29 is 28.7 Å². The SMILES string of the molecule is CC(=O)N[C@@H](CS[13CH2][13CH2]N(C)[13CH2][13CH2]SC[C@H](NC(C)=O)C(=O)OC(C)(C)C)C(=O)OC(C)(C)C. The van der Waals surface area contributed by atoms with Crippen LogP contribution in [0.5, 0.6) is 0 Å². The van der Waals surface area contributed by atoms with Crippen LogP contribution in [0.3, 0.4) is 0 Å². The maximum atomic E-state index is 12.3. The van der Waals surface area contributed by atoms with Crippen molar-refractivity contribution in [3.63, 3.8) is 0 Å². The number of hydrogen-bond donors (Lipinski definition) is 2. The molecule has 11 heteroatoms. The molecule has 34 heavy (non-hydrogen) atoms. The van der Waals surface area contributed by atoms with E-state index in [-0.39, 0.29) is 11.8 Å². The molecular weight excluding hydrogens is 482 g/mol. The van der Waals surface area contributed by atoms with Crippen LogP contribution in [-0.2, 0) is 28.7 Å². The largest absolute Gasteiger partial charge is 0.458 e. The van der Waals surface area contributed by atoms with Crippen molar-refractivity contribution in [2.24, 2.45) is 0 Å². The molecule has 0 aliphatic heterocycles. The van der Waals surface area contributed by atoms with Crippen LogP contribution in [0, 0.1) is 0 Å². The van der Waals surface area contributed by atoms with E-state index >= 15 is 0 Å². The van der Waals surface area contributed by atoms with E-state index in [0.717, 1.165) is 24.6 Å². The topological polar surface area (TPSA) is 114 Å². The second-order valence-corrected chi connectivity index (χ2v) is 12.3. The number of ether oxygens (including phenoxy) is 2. The van der Waals surface area contributed by atoms with Gasteiger partial charge in [0.05, 0.1) is 0 Å². The third-order valence-corrected chi connectivity index (χ3v) is 6.02. The van der Waals surface area contributed by atoms with Crippen LogP contribution in [0.1, 0.15) is 55.4 Å². The lowest BCUT2D eigenvalue weighted by Gasteiger charge is -2.24. The van der Waals surface area contributed by atoms with Crippen molar-refractivity contribution in [2.75, 3.05) is 43.1 Å². The number of nitrogens with one attached hydrogen (secondary N) is 2. The van der Waals surface area contributed by atoms with Gasteiger partial charge in [-0.15, -0.1) is 0 Å². The van der Waals surface area contributed by atoms with Crippen molar-refractivity contribution >= 4 is 47.3 Å². The van der Waals surface area contributed by atoms with Crippen molar-refractivity contribution in [3.05, 3.63) is 0 Å². The highest BCUT2D eigenvalue weighted by Gasteiger charge is 2.27. The minimum atomic E-state index is -0.679. The molecule has 2 atom stereocenters. The van der Waals surface area contributed by atoms with E-state index in [1.54, 1.807) is 65.1 Å². The second kappa shape index (κ2) is 15.5. The summed E-state index contributed by atoms with van der Waals surface area (Å²) in [6.07, 6.45) is 0. The van der Waals surface area contributed by atoms with Crippen molar-refractivity contribution in [1.82, 2.24) is 15.5 Å². The van der Waals surface area contributed by atoms with E-state index in [1.807, 2.05) is 7.05 Å². The van der Waals surface area contributed by atoms with Crippen LogP contribution >= 0.6 is 23.5 Å². The fraction of sp³-hybridized carbons (Fsp3) is 0.826. The van der Waals surface area contributed by atoms with Gasteiger partial charge < -0.3 is 25.0 Å². The summed E-state index contributed by atoms with van der Waals surface area (Å²) in [5.41, 5.74) is -1.22. The first-order valence-corrected chi connectivity index (χ1v) is 13.6. The minimum Gasteiger partial charge on any atom is -0.458 e. The molecule has 0 bridgehead atoms. The molecule has 0 aliphatic carbocycles. The summed E-state index contributed by atoms with van der Waals surface area (Å²) >= 11 is 3.15. The summed E-state index contributed by atoms with van der Waals surface area (Å²) in [4.78, 5) is 49.7. The third kappa shape index (κ3) is 17.9. The first kappa shape index (κ1) is 32.5. The Morgan fingerprint density at radius 3 is 1.32 bits per heavy atom. The Morgan fingerprint density at radius 2 is 1.06 bits per heavy atom. The number of esters is 2. The quantitative estimate of drug-likeness (QED) is 0.200. The molecule has 0 aromatic heterocycles. The molecule has 2 N–H and O–H groups in total. The second-order valence-electron chi connectivity index (χ2n) is 10.0. The Kier molecular flexibility index (Phi) is 14.9. The number of carbonyl (C=O) groups excluding carboxylic acids is 4. The maximum Gasteiger partial charge on any atom is 0.330 e. The Morgan fingerprint density at radius 1 is 0.735 bits per heavy atom. The molecule has 0 unspecified atom stereocenters. The van der Waals surface area contributed by atoms with Crippen LogP contribution in [0.2, 0.25) is 0 Å². The highest BCUT2D eigenvalue weighted by Crippen LogP contribution is 2.13. The van der Waals surface area contributed by atoms with E-state index < -0.39 is 35.2 Å². The Hall–Kier alpha value is -1.46. The zero-order chi connectivity index (χ0) is 26.5. The van der Waals surface area contributed by atoms with Gasteiger partial charge in [0.25, 0.3) is 0 Å². The maximum absolute atomic E-state index is 12.3. The number of nitrogens with zero attached hydrogens (tertiary/aromatic N) is 1. The van der Waals surface area contributed by atoms with E-state index in [0.29, 0.717) is 11.5 Å². The van der Waals surface area contributed by atoms with Gasteiger partial charge in [-0.05, 0) is 48.6 Å². The third-order valence-electron chi connectivity index (χ3n) is 3.94. The molecule has 9 nitrogen and oxygen atoms in total. The molecule has 0 fully saturated rings. The molecule has 0 aliphatic rings. The lowest BCUT2D eigenvalue weighted by Crippen LogP contribution is -2.45. The molecule has 198 valence electrons. The van der Waals surface area contributed by atoms with Crippen LogP contribution in [0.4, 0.5) is 0 Å². The summed E-state index contributed by atoms with van der Waals surface area (Å²) in [6.45, 7) is 15.1. The first-order valence-electron chi connectivity index (χ1n) is 11.3. The average Bonchev–Trinajstić information content (AvgIpc) is 2.63. The summed E-state index contributed by atoms with van der Waals surface area (Å²) in [6, 6.07) is -1.36. The van der Waals surface area contributed by atoms with Gasteiger partial charge in [-0.25, -0.2) is 9.59 Å². The van der Waals surface area contributed by atoms with Gasteiger partial charge in [-0.1, -0.05) is 0 Å². The van der Waals surface area contributed by atoms with E-state index in [9.17, 15) is 19.2 Å². The lowest BCUT2D eigenvalue weighted by atomic mass is 10.2. The van der Waals surface area contributed by atoms with E-state index in [1.165, 1.54) is 13.8 Å². The molecule has 0 saturated heterocycles. The van der Waals surface area contributed by atoms with Crippen LogP contribution in [0.25, 0.3) is 0 Å². The Labute approximate surface area is 213 Å². The van der Waals surface area contributed by atoms with Gasteiger partial charge >= 0.3 is 11.9 Å². The van der Waals surface area contributed by atoms with Crippen molar-refractivity contribution in [1.29, 1.82) is 0 Å². The zero-order valence-electron chi connectivity index (χ0n) is 22.1. The predicted octanol–water partition coefficient (Wildman–Crippen LogP) is 2.08. The highest BCUT2D eigenvalue weighted by molar-refractivity contribution is 7.99. The lowest BCUT2D eigenvalue weighted by molar-refractivity contribution is -0.158. The molecule has 0 aromatic rings. The fourth-order valence-corrected chi connectivity index (χ4v) is 4.65. The monoisotopic (exact) mass is 525 g/mol. The molecule has 0 heterocycles. The molecule has 0 radical (unpaired) electrons. The normalized spacial score (nSPS) is 13.7. The van der Waals surface area contributed by atoms with E-state index in [4.69, 9.17) is 9.47 Å². The average molecular weight is 526 g/mol. The number of carbonyl (C=O) groups is 4. The summed E-state index contributed by atoms with van der Waals surface area (Å²) in [5.74, 6) is 1.04. The summed E-state index contributed by atoms with van der Waals surface area (Å²) in [5, 5.41) is 5.32. The van der Waals surface area contributed by atoms with Crippen molar-refractivity contribution in [3.8, 4) is 0 Å². The standard InChI is InChI=1S/C23H43N3O6S2/c1-16(27)24-18(20(29)31-22(3,4)5)14-33-12-10-26(9)11-13-34-15-19(25-17(2)28)21(30)32-23(6,7)8/h18-19H,10-15H2,1-9H3,(H,24,27)(H,25,28)/t18-,19-/m0/s1/i10+1,11+1,12+1,13+1. The van der Waals surface area contributed by atoms with Gasteiger partial charge in [0.1, 0.15) is 23.3 Å². The first-order chi connectivity index (χ1) is 15.5. The molecule has 2 amide bonds. The summed E-state index contributed by atoms with van der Waals surface area (Å²) < 4.78 is 10.8.